The number of fused-ring (bicyclic) bond motifs is 1. The fourth-order valence-electron chi connectivity index (χ4n) is 3.87. The van der Waals surface area contributed by atoms with E-state index in [9.17, 15) is 13.2 Å². The molecular formula is C25H28ClN3O5S. The average molecular weight is 518 g/mol. The van der Waals surface area contributed by atoms with Crippen molar-refractivity contribution in [3.05, 3.63) is 59.9 Å². The predicted molar refractivity (Wildman–Crippen MR) is 134 cm³/mol. The van der Waals surface area contributed by atoms with Gasteiger partial charge in [-0.05, 0) is 57.5 Å². The lowest BCUT2D eigenvalue weighted by Crippen LogP contribution is -2.40. The van der Waals surface area contributed by atoms with Gasteiger partial charge in [-0.25, -0.2) is 13.2 Å². The molecule has 0 atom stereocenters. The van der Waals surface area contributed by atoms with Crippen molar-refractivity contribution in [3.8, 4) is 11.5 Å². The lowest BCUT2D eigenvalue weighted by molar-refractivity contribution is 0.0260. The Kier molecular flexibility index (Phi) is 7.21. The number of carbonyl (C=O) groups excluding carboxylic acids is 1. The van der Waals surface area contributed by atoms with Crippen molar-refractivity contribution in [3.63, 3.8) is 0 Å². The van der Waals surface area contributed by atoms with Crippen molar-refractivity contribution in [2.45, 2.75) is 37.7 Å². The molecule has 186 valence electrons. The molecule has 4 rings (SSSR count). The van der Waals surface area contributed by atoms with E-state index >= 15 is 0 Å². The Bertz CT molecular complexity index is 1320. The van der Waals surface area contributed by atoms with Crippen LogP contribution in [0.3, 0.4) is 0 Å². The van der Waals surface area contributed by atoms with Crippen LogP contribution >= 0.6 is 11.6 Å². The van der Waals surface area contributed by atoms with E-state index in [0.717, 1.165) is 0 Å². The number of benzene rings is 2. The number of sulfonamides is 1. The number of pyridine rings is 1. The largest absolute Gasteiger partial charge is 0.455 e. The number of ether oxygens (including phenoxy) is 2. The van der Waals surface area contributed by atoms with Gasteiger partial charge < -0.3 is 14.4 Å². The number of aromatic nitrogens is 1. The zero-order valence-electron chi connectivity index (χ0n) is 19.9. The highest BCUT2D eigenvalue weighted by Gasteiger charge is 2.31. The van der Waals surface area contributed by atoms with E-state index in [1.54, 1.807) is 74.3 Å². The molecule has 1 saturated heterocycles. The first kappa shape index (κ1) is 25.2. The molecule has 0 spiro atoms. The maximum atomic E-state index is 13.8. The summed E-state index contributed by atoms with van der Waals surface area (Å²) in [7, 11) is -3.89. The Morgan fingerprint density at radius 3 is 2.46 bits per heavy atom. The molecule has 2 heterocycles. The van der Waals surface area contributed by atoms with Crippen LogP contribution < -0.4 is 4.74 Å². The number of amides is 1. The molecule has 1 aromatic heterocycles. The minimum atomic E-state index is -3.89. The molecule has 3 aromatic rings. The highest BCUT2D eigenvalue weighted by Crippen LogP contribution is 2.35. The van der Waals surface area contributed by atoms with Crippen LogP contribution in [0.4, 0.5) is 4.79 Å². The van der Waals surface area contributed by atoms with Gasteiger partial charge in [0.2, 0.25) is 10.0 Å². The Hall–Kier alpha value is -2.88. The minimum absolute atomic E-state index is 0.132. The topological polar surface area (TPSA) is 89.0 Å². The summed E-state index contributed by atoms with van der Waals surface area (Å²) in [4.78, 5) is 18.4. The fraction of sp³-hybridized carbons (Fsp3) is 0.360. The number of nitrogens with zero attached hydrogens (tertiary/aromatic N) is 3. The highest BCUT2D eigenvalue weighted by molar-refractivity contribution is 7.89. The molecule has 1 aliphatic rings. The van der Waals surface area contributed by atoms with Gasteiger partial charge in [0.1, 0.15) is 11.4 Å². The molecule has 1 amide bonds. The van der Waals surface area contributed by atoms with E-state index in [-0.39, 0.29) is 24.5 Å². The maximum Gasteiger partial charge on any atom is 0.410 e. The summed E-state index contributed by atoms with van der Waals surface area (Å²) >= 11 is 5.97. The van der Waals surface area contributed by atoms with Crippen molar-refractivity contribution >= 4 is 38.5 Å². The maximum absolute atomic E-state index is 13.8. The normalized spacial score (nSPS) is 15.6. The van der Waals surface area contributed by atoms with Crippen LogP contribution in [0, 0.1) is 0 Å². The molecule has 0 N–H and O–H groups in total. The monoisotopic (exact) mass is 517 g/mol. The van der Waals surface area contributed by atoms with Gasteiger partial charge in [-0.2, -0.15) is 4.31 Å². The third-order valence-corrected chi connectivity index (χ3v) is 7.67. The number of hydrogen-bond donors (Lipinski definition) is 0. The van der Waals surface area contributed by atoms with Gasteiger partial charge in [-0.1, -0.05) is 23.7 Å². The lowest BCUT2D eigenvalue weighted by atomic mass is 10.1. The van der Waals surface area contributed by atoms with Crippen LogP contribution in [-0.4, -0.2) is 60.5 Å². The molecule has 0 saturated carbocycles. The first-order valence-electron chi connectivity index (χ1n) is 11.3. The molecule has 1 aliphatic heterocycles. The molecule has 1 fully saturated rings. The van der Waals surface area contributed by atoms with Gasteiger partial charge in [-0.3, -0.25) is 4.98 Å². The zero-order valence-corrected chi connectivity index (χ0v) is 21.5. The summed E-state index contributed by atoms with van der Waals surface area (Å²) in [6.07, 6.45) is 3.17. The van der Waals surface area contributed by atoms with Crippen molar-refractivity contribution in [2.24, 2.45) is 0 Å². The molecule has 0 unspecified atom stereocenters. The average Bonchev–Trinajstić information content (AvgIpc) is 3.06. The summed E-state index contributed by atoms with van der Waals surface area (Å²) < 4.78 is 40.5. The molecule has 0 aliphatic carbocycles. The second-order valence-electron chi connectivity index (χ2n) is 9.27. The molecular weight excluding hydrogens is 490 g/mol. The third kappa shape index (κ3) is 5.86. The number of rotatable bonds is 4. The van der Waals surface area contributed by atoms with Gasteiger partial charge in [-0.15, -0.1) is 0 Å². The third-order valence-electron chi connectivity index (χ3n) is 5.48. The van der Waals surface area contributed by atoms with Crippen LogP contribution in [0.1, 0.15) is 27.2 Å². The van der Waals surface area contributed by atoms with E-state index in [0.29, 0.717) is 40.3 Å². The summed E-state index contributed by atoms with van der Waals surface area (Å²) in [5.41, 5.74) is -0.618. The van der Waals surface area contributed by atoms with Crippen LogP contribution in [0.2, 0.25) is 5.02 Å². The van der Waals surface area contributed by atoms with Crippen molar-refractivity contribution in [1.82, 2.24) is 14.2 Å². The Balaban J connectivity index is 1.64. The standard InChI is InChI=1S/C25H28ClN3O5S/c1-25(2,3)34-24(30)28-12-5-13-29(15-14-28)35(31,32)22-7-4-6-18-16-27-17-21(23(18)22)33-20-10-8-19(26)9-11-20/h4,6-11,16-17H,5,12-15H2,1-3H3. The fourth-order valence-corrected chi connectivity index (χ4v) is 5.70. The van der Waals surface area contributed by atoms with Gasteiger partial charge in [0.05, 0.1) is 11.1 Å². The second-order valence-corrected chi connectivity index (χ2v) is 11.6. The Morgan fingerprint density at radius 2 is 1.74 bits per heavy atom. The zero-order chi connectivity index (χ0) is 25.2. The summed E-state index contributed by atoms with van der Waals surface area (Å²) in [5, 5.41) is 1.66. The number of hydrogen-bond acceptors (Lipinski definition) is 6. The highest BCUT2D eigenvalue weighted by atomic mass is 35.5. The molecule has 2 aromatic carbocycles. The van der Waals surface area contributed by atoms with Crippen molar-refractivity contribution in [1.29, 1.82) is 0 Å². The van der Waals surface area contributed by atoms with E-state index in [4.69, 9.17) is 21.1 Å². The van der Waals surface area contributed by atoms with Crippen LogP contribution in [0.25, 0.3) is 10.8 Å². The van der Waals surface area contributed by atoms with Gasteiger partial charge in [0.15, 0.2) is 5.75 Å². The van der Waals surface area contributed by atoms with Crippen LogP contribution in [0.5, 0.6) is 11.5 Å². The predicted octanol–water partition coefficient (Wildman–Crippen LogP) is 5.31. The van der Waals surface area contributed by atoms with E-state index in [1.165, 1.54) is 10.5 Å². The van der Waals surface area contributed by atoms with Crippen molar-refractivity contribution in [2.75, 3.05) is 26.2 Å². The van der Waals surface area contributed by atoms with E-state index < -0.39 is 21.7 Å². The molecule has 35 heavy (non-hydrogen) atoms. The Morgan fingerprint density at radius 1 is 1.00 bits per heavy atom. The lowest BCUT2D eigenvalue weighted by Gasteiger charge is -2.26. The van der Waals surface area contributed by atoms with Crippen LogP contribution in [-0.2, 0) is 14.8 Å². The smallest absolute Gasteiger partial charge is 0.410 e. The van der Waals surface area contributed by atoms with Gasteiger partial charge >= 0.3 is 6.09 Å². The minimum Gasteiger partial charge on any atom is -0.455 e. The quantitative estimate of drug-likeness (QED) is 0.466. The summed E-state index contributed by atoms with van der Waals surface area (Å²) in [5.74, 6) is 0.841. The SMILES string of the molecule is CC(C)(C)OC(=O)N1CCCN(S(=O)(=O)c2cccc3cncc(Oc4ccc(Cl)cc4)c23)CC1. The molecule has 0 bridgehead atoms. The number of halogens is 1. The van der Waals surface area contributed by atoms with Gasteiger partial charge in [0, 0.05) is 48.2 Å². The summed E-state index contributed by atoms with van der Waals surface area (Å²) in [6, 6.07) is 11.9. The van der Waals surface area contributed by atoms with E-state index in [1.807, 2.05) is 0 Å². The first-order chi connectivity index (χ1) is 16.5. The van der Waals surface area contributed by atoms with Crippen molar-refractivity contribution < 1.29 is 22.7 Å². The molecule has 0 radical (unpaired) electrons. The molecule has 10 heteroatoms. The van der Waals surface area contributed by atoms with E-state index in [2.05, 4.69) is 4.98 Å². The molecule has 8 nitrogen and oxygen atoms in total. The second kappa shape index (κ2) is 10.0. The van der Waals surface area contributed by atoms with Crippen LogP contribution in [0.15, 0.2) is 59.8 Å². The number of carbonyl (C=O) groups is 1. The van der Waals surface area contributed by atoms with Gasteiger partial charge in [0.25, 0.3) is 0 Å². The first-order valence-corrected chi connectivity index (χ1v) is 13.1. The summed E-state index contributed by atoms with van der Waals surface area (Å²) in [6.45, 7) is 6.53. The Labute approximate surface area is 210 Å².